The van der Waals surface area contributed by atoms with Gasteiger partial charge in [0.15, 0.2) is 0 Å². The fraction of sp³-hybridized carbons (Fsp3) is 0.321. The molecule has 0 radical (unpaired) electrons. The van der Waals surface area contributed by atoms with Crippen LogP contribution < -0.4 is 9.64 Å². The first kappa shape index (κ1) is 25.7. The van der Waals surface area contributed by atoms with Crippen molar-refractivity contribution < 1.29 is 17.9 Å². The standard InChI is InChI=1S/C28H33N3O4S/c1-22-8-12-24(13-9-22)20-31(36(33,34)25-14-10-23(2)11-15-25)21-28(32)30-18-16-29(17-19-30)26-6-4-5-7-27(26)35-3/h4-15H,16-21H2,1-3H3. The highest BCUT2D eigenvalue weighted by Crippen LogP contribution is 2.28. The van der Waals surface area contributed by atoms with Crippen LogP contribution >= 0.6 is 0 Å². The van der Waals surface area contributed by atoms with E-state index in [4.69, 9.17) is 4.74 Å². The topological polar surface area (TPSA) is 70.2 Å². The molecule has 0 unspecified atom stereocenters. The SMILES string of the molecule is COc1ccccc1N1CCN(C(=O)CN(Cc2ccc(C)cc2)S(=O)(=O)c2ccc(C)cc2)CC1. The van der Waals surface area contributed by atoms with Crippen molar-refractivity contribution in [2.75, 3.05) is 44.7 Å². The predicted octanol–water partition coefficient (Wildman–Crippen LogP) is 3.85. The average Bonchev–Trinajstić information content (AvgIpc) is 2.89. The summed E-state index contributed by atoms with van der Waals surface area (Å²) in [5, 5.41) is 0. The van der Waals surface area contributed by atoms with E-state index in [-0.39, 0.29) is 23.9 Å². The van der Waals surface area contributed by atoms with E-state index >= 15 is 0 Å². The fourth-order valence-electron chi connectivity index (χ4n) is 4.32. The summed E-state index contributed by atoms with van der Waals surface area (Å²) in [6.45, 7) is 6.14. The molecule has 1 aliphatic heterocycles. The lowest BCUT2D eigenvalue weighted by molar-refractivity contribution is -0.131. The number of carbonyl (C=O) groups excluding carboxylic acids is 1. The zero-order valence-corrected chi connectivity index (χ0v) is 21.9. The largest absolute Gasteiger partial charge is 0.495 e. The Kier molecular flexibility index (Phi) is 7.96. The minimum absolute atomic E-state index is 0.128. The number of amides is 1. The number of para-hydroxylation sites is 2. The van der Waals surface area contributed by atoms with Gasteiger partial charge in [-0.05, 0) is 43.7 Å². The molecule has 0 aromatic heterocycles. The maximum Gasteiger partial charge on any atom is 0.243 e. The molecule has 1 saturated heterocycles. The smallest absolute Gasteiger partial charge is 0.243 e. The summed E-state index contributed by atoms with van der Waals surface area (Å²) in [4.78, 5) is 17.5. The number of anilines is 1. The zero-order valence-electron chi connectivity index (χ0n) is 21.1. The molecule has 0 atom stereocenters. The molecule has 0 saturated carbocycles. The molecular weight excluding hydrogens is 474 g/mol. The summed E-state index contributed by atoms with van der Waals surface area (Å²) in [6.07, 6.45) is 0. The number of carbonyl (C=O) groups is 1. The Hall–Kier alpha value is -3.36. The molecule has 4 rings (SSSR count). The number of piperazine rings is 1. The van der Waals surface area contributed by atoms with Crippen LogP contribution in [0, 0.1) is 13.8 Å². The Morgan fingerprint density at radius 2 is 1.44 bits per heavy atom. The van der Waals surface area contributed by atoms with Crippen LogP contribution in [-0.4, -0.2) is 63.4 Å². The van der Waals surface area contributed by atoms with Crippen LogP contribution in [0.2, 0.25) is 0 Å². The van der Waals surface area contributed by atoms with Gasteiger partial charge in [-0.3, -0.25) is 4.79 Å². The van der Waals surface area contributed by atoms with E-state index in [2.05, 4.69) is 4.90 Å². The molecule has 3 aromatic carbocycles. The molecule has 7 nitrogen and oxygen atoms in total. The Labute approximate surface area is 214 Å². The van der Waals surface area contributed by atoms with Gasteiger partial charge in [-0.15, -0.1) is 0 Å². The van der Waals surface area contributed by atoms with Crippen molar-refractivity contribution in [1.29, 1.82) is 0 Å². The molecule has 190 valence electrons. The van der Waals surface area contributed by atoms with E-state index in [0.29, 0.717) is 26.2 Å². The molecule has 1 amide bonds. The molecule has 0 bridgehead atoms. The number of hydrogen-bond donors (Lipinski definition) is 0. The highest BCUT2D eigenvalue weighted by Gasteiger charge is 2.30. The van der Waals surface area contributed by atoms with Crippen molar-refractivity contribution in [1.82, 2.24) is 9.21 Å². The highest BCUT2D eigenvalue weighted by atomic mass is 32.2. The molecule has 8 heteroatoms. The molecule has 1 fully saturated rings. The van der Waals surface area contributed by atoms with E-state index < -0.39 is 10.0 Å². The molecule has 0 N–H and O–H groups in total. The van der Waals surface area contributed by atoms with Gasteiger partial charge in [0.1, 0.15) is 5.75 Å². The fourth-order valence-corrected chi connectivity index (χ4v) is 5.70. The lowest BCUT2D eigenvalue weighted by atomic mass is 10.1. The van der Waals surface area contributed by atoms with Gasteiger partial charge in [-0.2, -0.15) is 4.31 Å². The van der Waals surface area contributed by atoms with Crippen LogP contribution in [0.15, 0.2) is 77.7 Å². The molecule has 3 aromatic rings. The molecule has 0 spiro atoms. The van der Waals surface area contributed by atoms with E-state index in [0.717, 1.165) is 28.1 Å². The second-order valence-corrected chi connectivity index (χ2v) is 11.0. The van der Waals surface area contributed by atoms with Gasteiger partial charge in [-0.1, -0.05) is 59.7 Å². The van der Waals surface area contributed by atoms with Crippen molar-refractivity contribution in [3.05, 3.63) is 89.5 Å². The van der Waals surface area contributed by atoms with Crippen LogP contribution in [-0.2, 0) is 21.4 Å². The maximum absolute atomic E-state index is 13.6. The summed E-state index contributed by atoms with van der Waals surface area (Å²) in [5.41, 5.74) is 3.90. The minimum atomic E-state index is -3.86. The first-order valence-corrected chi connectivity index (χ1v) is 13.5. The third-order valence-electron chi connectivity index (χ3n) is 6.51. The van der Waals surface area contributed by atoms with Crippen molar-refractivity contribution in [2.45, 2.75) is 25.3 Å². The van der Waals surface area contributed by atoms with Gasteiger partial charge in [0.25, 0.3) is 0 Å². The average molecular weight is 508 g/mol. The van der Waals surface area contributed by atoms with Crippen LogP contribution in [0.25, 0.3) is 0 Å². The van der Waals surface area contributed by atoms with Crippen LogP contribution in [0.4, 0.5) is 5.69 Å². The van der Waals surface area contributed by atoms with Gasteiger partial charge >= 0.3 is 0 Å². The van der Waals surface area contributed by atoms with Crippen LogP contribution in [0.3, 0.4) is 0 Å². The Balaban J connectivity index is 1.50. The number of sulfonamides is 1. The van der Waals surface area contributed by atoms with Crippen molar-refractivity contribution in [3.63, 3.8) is 0 Å². The third-order valence-corrected chi connectivity index (χ3v) is 8.31. The normalized spacial score (nSPS) is 14.2. The van der Waals surface area contributed by atoms with Crippen molar-refractivity contribution in [3.8, 4) is 5.75 Å². The molecule has 0 aliphatic carbocycles. The monoisotopic (exact) mass is 507 g/mol. The van der Waals surface area contributed by atoms with E-state index in [1.165, 1.54) is 4.31 Å². The number of methoxy groups -OCH3 is 1. The molecule has 36 heavy (non-hydrogen) atoms. The van der Waals surface area contributed by atoms with Gasteiger partial charge in [0.05, 0.1) is 24.2 Å². The summed E-state index contributed by atoms with van der Waals surface area (Å²) >= 11 is 0. The van der Waals surface area contributed by atoms with Crippen molar-refractivity contribution in [2.24, 2.45) is 0 Å². The number of rotatable bonds is 8. The molecule has 1 heterocycles. The second kappa shape index (κ2) is 11.1. The van der Waals surface area contributed by atoms with Gasteiger partial charge < -0.3 is 14.5 Å². The predicted molar refractivity (Wildman–Crippen MR) is 142 cm³/mol. The van der Waals surface area contributed by atoms with Gasteiger partial charge in [-0.25, -0.2) is 8.42 Å². The second-order valence-electron chi connectivity index (χ2n) is 9.11. The number of aryl methyl sites for hydroxylation is 2. The molecule has 1 aliphatic rings. The number of ether oxygens (including phenoxy) is 1. The highest BCUT2D eigenvalue weighted by molar-refractivity contribution is 7.89. The quantitative estimate of drug-likeness (QED) is 0.463. The number of benzene rings is 3. The Morgan fingerprint density at radius 1 is 0.861 bits per heavy atom. The minimum Gasteiger partial charge on any atom is -0.495 e. The Bertz CT molecular complexity index is 1280. The van der Waals surface area contributed by atoms with E-state index in [1.807, 2.05) is 62.4 Å². The maximum atomic E-state index is 13.6. The number of nitrogens with zero attached hydrogens (tertiary/aromatic N) is 3. The molecular formula is C28H33N3O4S. The number of hydrogen-bond acceptors (Lipinski definition) is 5. The first-order chi connectivity index (χ1) is 17.3. The van der Waals surface area contributed by atoms with E-state index in [1.54, 1.807) is 36.3 Å². The van der Waals surface area contributed by atoms with Crippen molar-refractivity contribution >= 4 is 21.6 Å². The van der Waals surface area contributed by atoms with Gasteiger partial charge in [0.2, 0.25) is 15.9 Å². The summed E-state index contributed by atoms with van der Waals surface area (Å²) < 4.78 is 33.9. The van der Waals surface area contributed by atoms with Crippen LogP contribution in [0.5, 0.6) is 5.75 Å². The zero-order chi connectivity index (χ0) is 25.7. The van der Waals surface area contributed by atoms with Crippen LogP contribution in [0.1, 0.15) is 16.7 Å². The summed E-state index contributed by atoms with van der Waals surface area (Å²) in [6, 6.07) is 22.3. The lowest BCUT2D eigenvalue weighted by Crippen LogP contribution is -2.51. The first-order valence-electron chi connectivity index (χ1n) is 12.1. The summed E-state index contributed by atoms with van der Waals surface area (Å²) in [5.74, 6) is 0.600. The third kappa shape index (κ3) is 5.88. The summed E-state index contributed by atoms with van der Waals surface area (Å²) in [7, 11) is -2.22. The van der Waals surface area contributed by atoms with Gasteiger partial charge in [0, 0.05) is 32.7 Å². The lowest BCUT2D eigenvalue weighted by Gasteiger charge is -2.37. The Morgan fingerprint density at radius 3 is 2.06 bits per heavy atom. The van der Waals surface area contributed by atoms with E-state index in [9.17, 15) is 13.2 Å².